The van der Waals surface area contributed by atoms with Gasteiger partial charge in [-0.1, -0.05) is 19.8 Å². The van der Waals surface area contributed by atoms with E-state index >= 15 is 0 Å². The van der Waals surface area contributed by atoms with Gasteiger partial charge < -0.3 is 5.32 Å². The number of benzene rings is 1. The Hall–Kier alpha value is -2.33. The number of alkyl halides is 3. The van der Waals surface area contributed by atoms with E-state index in [0.717, 1.165) is 64.1 Å². The topological polar surface area (TPSA) is 64.0 Å². The van der Waals surface area contributed by atoms with E-state index in [-0.39, 0.29) is 11.4 Å². The summed E-state index contributed by atoms with van der Waals surface area (Å²) in [5, 5.41) is 2.61. The van der Waals surface area contributed by atoms with Crippen LogP contribution in [0.2, 0.25) is 0 Å². The lowest BCUT2D eigenvalue weighted by Crippen LogP contribution is -2.17. The molecule has 3 rings (SSSR count). The lowest BCUT2D eigenvalue weighted by Gasteiger charge is -2.15. The molecule has 0 radical (unpaired) electrons. The number of carbonyl (C=O) groups is 1. The van der Waals surface area contributed by atoms with Crippen molar-refractivity contribution in [2.24, 2.45) is 0 Å². The van der Waals surface area contributed by atoms with Crippen molar-refractivity contribution >= 4 is 34.8 Å². The second-order valence-electron chi connectivity index (χ2n) is 7.04. The SMILES string of the molecule is CCCCCSc1sc(C)c(C)n2c(=O)nc(NC(=O)c3ccc(C(F)(F)F)cc3)c1-2. The average Bonchev–Trinajstić information content (AvgIpc) is 3.04. The molecule has 31 heavy (non-hydrogen) atoms. The number of hydrogen-bond acceptors (Lipinski definition) is 5. The van der Waals surface area contributed by atoms with Gasteiger partial charge in [0.25, 0.3) is 5.91 Å². The number of amides is 1. The van der Waals surface area contributed by atoms with Crippen LogP contribution in [-0.2, 0) is 6.18 Å². The normalized spacial score (nSPS) is 11.8. The summed E-state index contributed by atoms with van der Waals surface area (Å²) in [5.41, 5.74) is -0.0184. The first kappa shape index (κ1) is 23.3. The van der Waals surface area contributed by atoms with Crippen LogP contribution in [0.4, 0.5) is 19.0 Å². The molecule has 0 atom stereocenters. The summed E-state index contributed by atoms with van der Waals surface area (Å²) in [6.45, 7) is 5.86. The zero-order valence-corrected chi connectivity index (χ0v) is 18.9. The molecule has 1 amide bonds. The van der Waals surface area contributed by atoms with Crippen molar-refractivity contribution in [2.45, 2.75) is 50.4 Å². The van der Waals surface area contributed by atoms with Gasteiger partial charge in [-0.25, -0.2) is 4.79 Å². The Morgan fingerprint density at radius 3 is 2.48 bits per heavy atom. The molecule has 5 nitrogen and oxygen atoms in total. The Balaban J connectivity index is 1.93. The van der Waals surface area contributed by atoms with Crippen molar-refractivity contribution in [3.05, 3.63) is 56.4 Å². The van der Waals surface area contributed by atoms with Crippen molar-refractivity contribution in [1.29, 1.82) is 0 Å². The number of nitrogens with zero attached hydrogens (tertiary/aromatic N) is 2. The van der Waals surface area contributed by atoms with Gasteiger partial charge in [0.1, 0.15) is 5.69 Å². The van der Waals surface area contributed by atoms with Crippen LogP contribution in [0.5, 0.6) is 0 Å². The number of anilines is 1. The first-order chi connectivity index (χ1) is 14.6. The van der Waals surface area contributed by atoms with E-state index in [0.29, 0.717) is 5.69 Å². The van der Waals surface area contributed by atoms with Gasteiger partial charge in [0.2, 0.25) is 0 Å². The zero-order chi connectivity index (χ0) is 22.8. The van der Waals surface area contributed by atoms with Crippen molar-refractivity contribution in [2.75, 3.05) is 11.1 Å². The molecule has 0 aliphatic carbocycles. The molecule has 0 saturated carbocycles. The third-order valence-corrected chi connectivity index (χ3v) is 7.35. The van der Waals surface area contributed by atoms with Gasteiger partial charge in [0.05, 0.1) is 9.77 Å². The molecule has 2 aliphatic heterocycles. The number of aryl methyl sites for hydroxylation is 1. The molecule has 2 heterocycles. The monoisotopic (exact) mass is 469 g/mol. The molecule has 2 aliphatic rings. The van der Waals surface area contributed by atoms with Crippen LogP contribution in [-0.4, -0.2) is 21.2 Å². The molecule has 10 heteroatoms. The van der Waals surface area contributed by atoms with E-state index in [1.807, 2.05) is 13.8 Å². The molecule has 166 valence electrons. The zero-order valence-electron chi connectivity index (χ0n) is 17.3. The van der Waals surface area contributed by atoms with E-state index in [4.69, 9.17) is 0 Å². The minimum absolute atomic E-state index is 0.0475. The molecular formula is C21H22F3N3O2S2. The summed E-state index contributed by atoms with van der Waals surface area (Å²) in [4.78, 5) is 30.2. The number of rotatable bonds is 7. The second kappa shape index (κ2) is 9.44. The first-order valence-electron chi connectivity index (χ1n) is 9.77. The summed E-state index contributed by atoms with van der Waals surface area (Å²) in [6.07, 6.45) is -1.26. The fourth-order valence-electron chi connectivity index (χ4n) is 3.01. The van der Waals surface area contributed by atoms with Crippen molar-refractivity contribution in [3.63, 3.8) is 0 Å². The minimum Gasteiger partial charge on any atom is -0.305 e. The quantitative estimate of drug-likeness (QED) is 0.346. The fraction of sp³-hybridized carbons (Fsp3) is 0.381. The van der Waals surface area contributed by atoms with E-state index in [1.54, 1.807) is 11.8 Å². The van der Waals surface area contributed by atoms with Crippen molar-refractivity contribution < 1.29 is 18.0 Å². The van der Waals surface area contributed by atoms with Crippen LogP contribution in [0.1, 0.15) is 52.7 Å². The highest BCUT2D eigenvalue weighted by Crippen LogP contribution is 2.38. The summed E-state index contributed by atoms with van der Waals surface area (Å²) >= 11 is 3.14. The number of thioether (sulfide) groups is 1. The minimum atomic E-state index is -4.48. The van der Waals surface area contributed by atoms with Crippen LogP contribution in [0.25, 0.3) is 5.69 Å². The van der Waals surface area contributed by atoms with Crippen LogP contribution < -0.4 is 11.0 Å². The molecule has 1 N–H and O–H groups in total. The standard InChI is InChI=1S/C21H22F3N3O2S2/c1-4-5-6-11-30-19-16-17(26-20(29)27(16)12(2)13(3)31-19)25-18(28)14-7-9-15(10-8-14)21(22,23)24/h7-10H,4-6,11H2,1-3H3,(H,25,26,28,29). The number of hydrogen-bond donors (Lipinski definition) is 1. The summed E-state index contributed by atoms with van der Waals surface area (Å²) in [5.74, 6) is 0.361. The number of nitrogens with one attached hydrogen (secondary N) is 1. The van der Waals surface area contributed by atoms with E-state index in [2.05, 4.69) is 17.2 Å². The summed E-state index contributed by atoms with van der Waals surface area (Å²) < 4.78 is 40.6. The number of aromatic nitrogens is 2. The van der Waals surface area contributed by atoms with E-state index < -0.39 is 23.3 Å². The maximum absolute atomic E-state index is 12.8. The Bertz CT molecular complexity index is 1100. The maximum Gasteiger partial charge on any atom is 0.416 e. The van der Waals surface area contributed by atoms with Crippen molar-refractivity contribution in [3.8, 4) is 5.69 Å². The molecule has 1 aromatic rings. The molecule has 1 aromatic carbocycles. The Morgan fingerprint density at radius 2 is 1.87 bits per heavy atom. The maximum atomic E-state index is 12.8. The second-order valence-corrected chi connectivity index (χ2v) is 9.63. The lowest BCUT2D eigenvalue weighted by molar-refractivity contribution is -0.137. The average molecular weight is 470 g/mol. The van der Waals surface area contributed by atoms with Crippen LogP contribution in [0.3, 0.4) is 0 Å². The molecule has 0 fully saturated rings. The third kappa shape index (κ3) is 5.12. The highest BCUT2D eigenvalue weighted by atomic mass is 32.2. The van der Waals surface area contributed by atoms with Gasteiger partial charge in [0.15, 0.2) is 5.82 Å². The molecule has 0 bridgehead atoms. The molecule has 0 unspecified atom stereocenters. The highest BCUT2D eigenvalue weighted by Gasteiger charge is 2.30. The smallest absolute Gasteiger partial charge is 0.305 e. The highest BCUT2D eigenvalue weighted by molar-refractivity contribution is 8.01. The summed E-state index contributed by atoms with van der Waals surface area (Å²) in [6, 6.07) is 3.91. The number of unbranched alkanes of at least 4 members (excludes halogenated alkanes) is 2. The number of imidazole rings is 1. The van der Waals surface area contributed by atoms with E-state index in [9.17, 15) is 22.8 Å². The number of fused-ring (bicyclic) bond motifs is 1. The van der Waals surface area contributed by atoms with Crippen LogP contribution in [0.15, 0.2) is 33.3 Å². The van der Waals surface area contributed by atoms with E-state index in [1.165, 1.54) is 15.9 Å². The largest absolute Gasteiger partial charge is 0.416 e. The Morgan fingerprint density at radius 1 is 1.19 bits per heavy atom. The lowest BCUT2D eigenvalue weighted by atomic mass is 10.1. The molecular weight excluding hydrogens is 447 g/mol. The predicted molar refractivity (Wildman–Crippen MR) is 118 cm³/mol. The Labute approximate surface area is 186 Å². The van der Waals surface area contributed by atoms with Crippen LogP contribution >= 0.6 is 23.1 Å². The van der Waals surface area contributed by atoms with Gasteiger partial charge in [-0.3, -0.25) is 9.36 Å². The molecule has 0 saturated heterocycles. The number of halogens is 3. The molecule has 0 aromatic heterocycles. The van der Waals surface area contributed by atoms with Gasteiger partial charge in [-0.2, -0.15) is 18.2 Å². The number of carbonyl (C=O) groups excluding carboxylic acids is 1. The first-order valence-corrected chi connectivity index (χ1v) is 11.6. The summed E-state index contributed by atoms with van der Waals surface area (Å²) in [7, 11) is 0. The predicted octanol–water partition coefficient (Wildman–Crippen LogP) is 5.90. The molecule has 0 spiro atoms. The van der Waals surface area contributed by atoms with Gasteiger partial charge in [0, 0.05) is 16.1 Å². The van der Waals surface area contributed by atoms with Gasteiger partial charge >= 0.3 is 11.9 Å². The van der Waals surface area contributed by atoms with Crippen LogP contribution in [0, 0.1) is 13.8 Å². The fourth-order valence-corrected chi connectivity index (χ4v) is 5.53. The third-order valence-electron chi connectivity index (χ3n) is 4.82. The Kier molecular flexibility index (Phi) is 7.10. The van der Waals surface area contributed by atoms with Gasteiger partial charge in [-0.15, -0.1) is 23.1 Å². The van der Waals surface area contributed by atoms with Gasteiger partial charge in [-0.05, 0) is 50.3 Å². The van der Waals surface area contributed by atoms with Crippen molar-refractivity contribution in [1.82, 2.24) is 9.55 Å².